The van der Waals surface area contributed by atoms with Crippen molar-refractivity contribution in [1.29, 1.82) is 0 Å². The van der Waals surface area contributed by atoms with Gasteiger partial charge in [-0.3, -0.25) is 0 Å². The van der Waals surface area contributed by atoms with E-state index in [9.17, 15) is 5.11 Å². The third-order valence-corrected chi connectivity index (χ3v) is 4.82. The zero-order valence-electron chi connectivity index (χ0n) is 11.5. The lowest BCUT2D eigenvalue weighted by molar-refractivity contribution is -0.0257. The van der Waals surface area contributed by atoms with Crippen LogP contribution in [0.25, 0.3) is 0 Å². The summed E-state index contributed by atoms with van der Waals surface area (Å²) in [4.78, 5) is 2.53. The van der Waals surface area contributed by atoms with Crippen LogP contribution in [0.4, 0.5) is 0 Å². The van der Waals surface area contributed by atoms with Crippen LogP contribution in [0.1, 0.15) is 64.7 Å². The number of aliphatic hydroxyl groups is 1. The van der Waals surface area contributed by atoms with Crippen LogP contribution in [-0.2, 0) is 0 Å². The van der Waals surface area contributed by atoms with Crippen LogP contribution in [0, 0.1) is 5.92 Å². The molecule has 100 valence electrons. The minimum atomic E-state index is -0.357. The molecule has 0 aromatic rings. The molecule has 1 unspecified atom stereocenters. The van der Waals surface area contributed by atoms with Crippen molar-refractivity contribution in [2.24, 2.45) is 5.92 Å². The molecule has 2 heteroatoms. The predicted octanol–water partition coefficient (Wildman–Crippen LogP) is 3.19. The Labute approximate surface area is 106 Å². The summed E-state index contributed by atoms with van der Waals surface area (Å²) in [5.41, 5.74) is -0.357. The summed E-state index contributed by atoms with van der Waals surface area (Å²) >= 11 is 0. The van der Waals surface area contributed by atoms with Crippen molar-refractivity contribution >= 4 is 0 Å². The molecule has 1 saturated carbocycles. The van der Waals surface area contributed by atoms with E-state index in [0.717, 1.165) is 25.3 Å². The summed E-state index contributed by atoms with van der Waals surface area (Å²) in [6, 6.07) is 0. The highest BCUT2D eigenvalue weighted by Crippen LogP contribution is 2.30. The lowest BCUT2D eigenvalue weighted by Crippen LogP contribution is -2.44. The smallest absolute Gasteiger partial charge is 0.0774 e. The molecule has 2 fully saturated rings. The SMILES string of the molecule is CCC1CCCN(CC2(O)CCCCC2)CC1. The molecule has 1 aliphatic heterocycles. The van der Waals surface area contributed by atoms with Gasteiger partial charge < -0.3 is 10.0 Å². The zero-order chi connectivity index (χ0) is 12.1. The van der Waals surface area contributed by atoms with Crippen LogP contribution in [-0.4, -0.2) is 35.2 Å². The van der Waals surface area contributed by atoms with E-state index in [1.165, 1.54) is 58.0 Å². The van der Waals surface area contributed by atoms with Gasteiger partial charge in [0.25, 0.3) is 0 Å². The largest absolute Gasteiger partial charge is 0.389 e. The molecule has 2 rings (SSSR count). The molecule has 17 heavy (non-hydrogen) atoms. The predicted molar refractivity (Wildman–Crippen MR) is 72.1 cm³/mol. The normalized spacial score (nSPS) is 31.1. The monoisotopic (exact) mass is 239 g/mol. The first kappa shape index (κ1) is 13.4. The molecule has 1 N–H and O–H groups in total. The summed E-state index contributed by atoms with van der Waals surface area (Å²) in [6.07, 6.45) is 11.2. The molecule has 0 spiro atoms. The second-order valence-electron chi connectivity index (χ2n) is 6.27. The molecule has 0 amide bonds. The van der Waals surface area contributed by atoms with Gasteiger partial charge in [0.2, 0.25) is 0 Å². The van der Waals surface area contributed by atoms with Crippen LogP contribution in [0.3, 0.4) is 0 Å². The number of hydrogen-bond acceptors (Lipinski definition) is 2. The second-order valence-corrected chi connectivity index (χ2v) is 6.27. The van der Waals surface area contributed by atoms with E-state index in [1.807, 2.05) is 0 Å². The summed E-state index contributed by atoms with van der Waals surface area (Å²) in [5, 5.41) is 10.6. The summed E-state index contributed by atoms with van der Waals surface area (Å²) in [7, 11) is 0. The fraction of sp³-hybridized carbons (Fsp3) is 1.00. The molecular weight excluding hydrogens is 210 g/mol. The first-order valence-corrected chi connectivity index (χ1v) is 7.66. The maximum Gasteiger partial charge on any atom is 0.0774 e. The fourth-order valence-electron chi connectivity index (χ4n) is 3.58. The number of β-amino-alcohol motifs (C(OH)–C–C–N with tert-alkyl or cyclic N) is 1. The Balaban J connectivity index is 1.81. The molecule has 0 aromatic heterocycles. The van der Waals surface area contributed by atoms with E-state index < -0.39 is 0 Å². The lowest BCUT2D eigenvalue weighted by Gasteiger charge is -2.36. The van der Waals surface area contributed by atoms with E-state index in [1.54, 1.807) is 0 Å². The highest BCUT2D eigenvalue weighted by molar-refractivity contribution is 4.86. The lowest BCUT2D eigenvalue weighted by atomic mass is 9.84. The molecule has 2 nitrogen and oxygen atoms in total. The van der Waals surface area contributed by atoms with Crippen molar-refractivity contribution in [3.05, 3.63) is 0 Å². The maximum atomic E-state index is 10.6. The Kier molecular flexibility index (Phi) is 4.87. The standard InChI is InChI=1S/C15H29NO/c1-2-14-7-6-11-16(12-8-14)13-15(17)9-4-3-5-10-15/h14,17H,2-13H2,1H3. The van der Waals surface area contributed by atoms with Gasteiger partial charge in [-0.1, -0.05) is 32.6 Å². The van der Waals surface area contributed by atoms with Gasteiger partial charge in [0, 0.05) is 6.54 Å². The Morgan fingerprint density at radius 2 is 1.82 bits per heavy atom. The summed E-state index contributed by atoms with van der Waals surface area (Å²) in [5.74, 6) is 0.931. The van der Waals surface area contributed by atoms with Crippen molar-refractivity contribution < 1.29 is 5.11 Å². The van der Waals surface area contributed by atoms with Gasteiger partial charge >= 0.3 is 0 Å². The molecule has 0 radical (unpaired) electrons. The Morgan fingerprint density at radius 3 is 2.53 bits per heavy atom. The van der Waals surface area contributed by atoms with Crippen molar-refractivity contribution in [2.75, 3.05) is 19.6 Å². The van der Waals surface area contributed by atoms with Gasteiger partial charge in [0.15, 0.2) is 0 Å². The number of hydrogen-bond donors (Lipinski definition) is 1. The first-order valence-electron chi connectivity index (χ1n) is 7.66. The third-order valence-electron chi connectivity index (χ3n) is 4.82. The number of nitrogens with zero attached hydrogens (tertiary/aromatic N) is 1. The van der Waals surface area contributed by atoms with E-state index in [2.05, 4.69) is 11.8 Å². The van der Waals surface area contributed by atoms with Gasteiger partial charge in [-0.25, -0.2) is 0 Å². The van der Waals surface area contributed by atoms with E-state index >= 15 is 0 Å². The third kappa shape index (κ3) is 3.96. The molecule has 1 saturated heterocycles. The van der Waals surface area contributed by atoms with Crippen molar-refractivity contribution in [3.63, 3.8) is 0 Å². The Bertz CT molecular complexity index is 223. The van der Waals surface area contributed by atoms with E-state index in [-0.39, 0.29) is 5.60 Å². The zero-order valence-corrected chi connectivity index (χ0v) is 11.5. The van der Waals surface area contributed by atoms with Gasteiger partial charge in [-0.2, -0.15) is 0 Å². The van der Waals surface area contributed by atoms with Crippen molar-refractivity contribution in [1.82, 2.24) is 4.90 Å². The molecular formula is C15H29NO. The van der Waals surface area contributed by atoms with Gasteiger partial charge in [0.05, 0.1) is 5.60 Å². The number of likely N-dealkylation sites (tertiary alicyclic amines) is 1. The average Bonchev–Trinajstić information content (AvgIpc) is 2.55. The van der Waals surface area contributed by atoms with Crippen LogP contribution in [0.2, 0.25) is 0 Å². The Morgan fingerprint density at radius 1 is 1.06 bits per heavy atom. The van der Waals surface area contributed by atoms with Crippen LogP contribution >= 0.6 is 0 Å². The quantitative estimate of drug-likeness (QED) is 0.817. The van der Waals surface area contributed by atoms with Gasteiger partial charge in [-0.15, -0.1) is 0 Å². The second kappa shape index (κ2) is 6.19. The minimum absolute atomic E-state index is 0.357. The van der Waals surface area contributed by atoms with E-state index in [4.69, 9.17) is 0 Å². The minimum Gasteiger partial charge on any atom is -0.389 e. The van der Waals surface area contributed by atoms with Gasteiger partial charge in [0.1, 0.15) is 0 Å². The fourth-order valence-corrected chi connectivity index (χ4v) is 3.58. The number of rotatable bonds is 3. The molecule has 0 bridgehead atoms. The molecule has 1 heterocycles. The van der Waals surface area contributed by atoms with Crippen molar-refractivity contribution in [3.8, 4) is 0 Å². The van der Waals surface area contributed by atoms with E-state index in [0.29, 0.717) is 0 Å². The van der Waals surface area contributed by atoms with Crippen LogP contribution in [0.15, 0.2) is 0 Å². The molecule has 2 aliphatic rings. The summed E-state index contributed by atoms with van der Waals surface area (Å²) in [6.45, 7) is 5.66. The summed E-state index contributed by atoms with van der Waals surface area (Å²) < 4.78 is 0. The van der Waals surface area contributed by atoms with Gasteiger partial charge in [-0.05, 0) is 51.1 Å². The molecule has 0 aromatic carbocycles. The highest BCUT2D eigenvalue weighted by atomic mass is 16.3. The average molecular weight is 239 g/mol. The van der Waals surface area contributed by atoms with Crippen LogP contribution in [0.5, 0.6) is 0 Å². The van der Waals surface area contributed by atoms with Crippen LogP contribution < -0.4 is 0 Å². The molecule has 1 aliphatic carbocycles. The Hall–Kier alpha value is -0.0800. The molecule has 1 atom stereocenters. The first-order chi connectivity index (χ1) is 8.22. The topological polar surface area (TPSA) is 23.5 Å². The highest BCUT2D eigenvalue weighted by Gasteiger charge is 2.31. The maximum absolute atomic E-state index is 10.6. The van der Waals surface area contributed by atoms with Crippen molar-refractivity contribution in [2.45, 2.75) is 70.3 Å².